The van der Waals surface area contributed by atoms with Crippen LogP contribution in [0.25, 0.3) is 111 Å². The zero-order chi connectivity index (χ0) is 91.7. The van der Waals surface area contributed by atoms with Crippen LogP contribution < -0.4 is 28.7 Å². The Morgan fingerprint density at radius 1 is 0.346 bits per heavy atom. The third-order valence-corrected chi connectivity index (χ3v) is 22.8. The topological polar surface area (TPSA) is 511 Å². The van der Waals surface area contributed by atoms with Crippen molar-refractivity contribution < 1.29 is 9.13 Å². The van der Waals surface area contributed by atoms with Crippen molar-refractivity contribution in [3.05, 3.63) is 239 Å². The molecular weight excluding hydrogens is 1690 g/mol. The molecule has 20 aromatic rings. The van der Waals surface area contributed by atoms with Gasteiger partial charge in [-0.2, -0.15) is 25.5 Å². The molecule has 16 heterocycles. The highest BCUT2D eigenvalue weighted by Gasteiger charge is 2.28. The highest BCUT2D eigenvalue weighted by molar-refractivity contribution is 5.97. The zero-order valence-electron chi connectivity index (χ0n) is 74.3. The van der Waals surface area contributed by atoms with Crippen molar-refractivity contribution in [1.82, 2.24) is 174 Å². The number of nitrogens with zero attached hydrogens (tertiary/aromatic N) is 35. The number of aromatic nitrogens is 35. The summed E-state index contributed by atoms with van der Waals surface area (Å²) in [7, 11) is 0. The lowest BCUT2D eigenvalue weighted by atomic mass is 10.1. The normalized spacial score (nSPS) is 13.7. The molecule has 15 aromatic heterocycles. The summed E-state index contributed by atoms with van der Waals surface area (Å²) in [5.41, 5.74) is 48.7. The van der Waals surface area contributed by atoms with E-state index in [0.29, 0.717) is 119 Å². The van der Waals surface area contributed by atoms with Crippen LogP contribution in [0.5, 0.6) is 0 Å². The largest absolute Gasteiger partial charge is 0.376 e. The van der Waals surface area contributed by atoms with Crippen molar-refractivity contribution >= 4 is 84.3 Å². The summed E-state index contributed by atoms with van der Waals surface area (Å²) >= 11 is 0. The van der Waals surface area contributed by atoms with Gasteiger partial charge in [0.05, 0.1) is 139 Å². The van der Waals surface area contributed by atoms with Gasteiger partial charge in [0.1, 0.15) is 62.5 Å². The molecule has 133 heavy (non-hydrogen) atoms. The standard InChI is InChI=1S/C20H22N8O.C18H17FN8.C18H18N8.C18H20N8.C17H18N8/c1-13-4-2-6-16-18(13)22-20(21)23-19(16)17-12-28(26-24-17)10-14-7-8-27(25-14)11-15-5-3-9-29-15;1-10-2-5-13-16(21-18(20)22-17(13)15(10)19)14-9-26(25-23-14)8-11-6-7-27(24-11)12-3-4-12;1-11-3-2-4-14-16(11)20-18(19)21-17(14)15-10-25(24-22-15)9-12-7-8-26(23-12)13-5-6-13;1-11(2)26-8-7-13(23-26)9-25-10-15(22-24-25)17-14-6-4-5-12(3)16(14)20-18(19)21-17;1-3-24-8-7-12(22-24)9-25-10-14(21-23-25)16-13-6-4-5-11(2)15(13)19-17(18)20-16/h2,4,6-8,12,15H,3,5,9-11H2,1H3,(H2,21,22,23);2,5-7,9,12H,3-4,8H2,1H3,(H2,20,21,22);2-4,7-8,10,13H,5-6,9H2,1H3,(H2,19,20,21);4-8,10-11H,9H2,1-3H3,(H2,19,20,21);4-8,10H,3,9H2,1-2H3,(H2,18,19,20). The number of nitrogens with two attached hydrogens (primary N) is 5. The van der Waals surface area contributed by atoms with Gasteiger partial charge in [-0.25, -0.2) is 77.6 Å². The molecule has 1 unspecified atom stereocenters. The molecular formula is C91H95FN40O. The number of fused-ring (bicyclic) bond motifs is 5. The van der Waals surface area contributed by atoms with E-state index in [0.717, 1.165) is 127 Å². The molecule has 1 aliphatic heterocycles. The van der Waals surface area contributed by atoms with Gasteiger partial charge in [0.25, 0.3) is 0 Å². The van der Waals surface area contributed by atoms with Gasteiger partial charge in [-0.3, -0.25) is 23.4 Å². The number of benzene rings is 5. The van der Waals surface area contributed by atoms with Crippen molar-refractivity contribution in [3.63, 3.8) is 0 Å². The number of ether oxygens (including phenoxy) is 1. The summed E-state index contributed by atoms with van der Waals surface area (Å²) in [6.07, 6.45) is 26.4. The molecule has 1 atom stereocenters. The van der Waals surface area contributed by atoms with Crippen molar-refractivity contribution in [3.8, 4) is 56.9 Å². The third-order valence-electron chi connectivity index (χ3n) is 22.8. The van der Waals surface area contributed by atoms with E-state index in [-0.39, 0.29) is 41.4 Å². The second-order valence-corrected chi connectivity index (χ2v) is 33.4. The van der Waals surface area contributed by atoms with Gasteiger partial charge in [-0.15, -0.1) is 25.5 Å². The summed E-state index contributed by atoms with van der Waals surface area (Å²) in [6.45, 7) is 21.1. The maximum absolute atomic E-state index is 14.4. The van der Waals surface area contributed by atoms with Gasteiger partial charge in [-0.05, 0) is 152 Å². The van der Waals surface area contributed by atoms with Crippen molar-refractivity contribution in [1.29, 1.82) is 0 Å². The molecule has 10 N–H and O–H groups in total. The minimum Gasteiger partial charge on any atom is -0.376 e. The van der Waals surface area contributed by atoms with Crippen LogP contribution in [0, 0.1) is 40.4 Å². The first-order valence-electron chi connectivity index (χ1n) is 43.7. The summed E-state index contributed by atoms with van der Waals surface area (Å²) in [5, 5.41) is 69.4. The summed E-state index contributed by atoms with van der Waals surface area (Å²) in [6, 6.07) is 38.7. The first-order chi connectivity index (χ1) is 64.5. The van der Waals surface area contributed by atoms with Crippen molar-refractivity contribution in [2.24, 2.45) is 0 Å². The van der Waals surface area contributed by atoms with E-state index in [2.05, 4.69) is 148 Å². The van der Waals surface area contributed by atoms with Crippen LogP contribution in [-0.2, 0) is 50.6 Å². The lowest BCUT2D eigenvalue weighted by Crippen LogP contribution is -2.15. The second-order valence-electron chi connectivity index (χ2n) is 33.4. The minimum atomic E-state index is -0.402. The fourth-order valence-electron chi connectivity index (χ4n) is 15.8. The number of halogens is 1. The maximum atomic E-state index is 14.4. The molecule has 672 valence electrons. The Labute approximate surface area is 758 Å². The molecule has 0 bridgehead atoms. The first kappa shape index (κ1) is 85.9. The monoisotopic (exact) mass is 1780 g/mol. The first-order valence-corrected chi connectivity index (χ1v) is 43.7. The molecule has 5 aromatic carbocycles. The lowest BCUT2D eigenvalue weighted by Gasteiger charge is -2.08. The zero-order valence-corrected chi connectivity index (χ0v) is 74.3. The SMILES string of the molecule is CCn1ccc(Cn2cc(-c3nc(N)nc4c(C)cccc34)nn2)n1.Cc1ccc2c(-c3cn(Cc4ccn(C5CC5)n4)nn3)nc(N)nc2c1F.Cc1cccc2c(-c3cn(Cc4ccn(C(C)C)n4)nn3)nc(N)nc12.Cc1cccc2c(-c3cn(Cc4ccn(C5CC5)n4)nn3)nc(N)nc12.Cc1cccc2c(-c3cn(Cc4ccn(CC5CCCO5)n4)nn3)nc(N)nc12. The van der Waals surface area contributed by atoms with Gasteiger partial charge in [0.15, 0.2) is 5.82 Å². The maximum Gasteiger partial charge on any atom is 0.221 e. The van der Waals surface area contributed by atoms with Crippen LogP contribution in [0.3, 0.4) is 0 Å². The summed E-state index contributed by atoms with van der Waals surface area (Å²) < 4.78 is 38.6. The molecule has 41 nitrogen and oxygen atoms in total. The number of anilines is 5. The number of rotatable bonds is 21. The van der Waals surface area contributed by atoms with Gasteiger partial charge in [0, 0.05) is 77.1 Å². The predicted octanol–water partition coefficient (Wildman–Crippen LogP) is 11.7. The Hall–Kier alpha value is -16.6. The fraction of sp³-hybridized carbons (Fsp3) is 0.286. The highest BCUT2D eigenvalue weighted by Crippen LogP contribution is 2.37. The number of aryl methyl sites for hydroxylation is 6. The van der Waals surface area contributed by atoms with E-state index >= 15 is 0 Å². The Bertz CT molecular complexity index is 7440. The molecule has 3 aliphatic rings. The van der Waals surface area contributed by atoms with Crippen molar-refractivity contribution in [2.45, 2.75) is 164 Å². The van der Waals surface area contributed by atoms with Crippen LogP contribution in [0.1, 0.15) is 134 Å². The van der Waals surface area contributed by atoms with E-state index in [1.54, 1.807) is 48.7 Å². The Morgan fingerprint density at radius 3 is 1.00 bits per heavy atom. The average Bonchev–Trinajstić information content (AvgIpc) is 1.08. The van der Waals surface area contributed by atoms with Crippen LogP contribution in [0.15, 0.2) is 177 Å². The van der Waals surface area contributed by atoms with E-state index in [9.17, 15) is 4.39 Å². The molecule has 1 saturated heterocycles. The third kappa shape index (κ3) is 19.3. The Morgan fingerprint density at radius 2 is 0.669 bits per heavy atom. The van der Waals surface area contributed by atoms with Gasteiger partial charge in [0.2, 0.25) is 29.7 Å². The van der Waals surface area contributed by atoms with E-state index < -0.39 is 5.82 Å². The smallest absolute Gasteiger partial charge is 0.221 e. The Kier molecular flexibility index (Phi) is 23.8. The molecule has 3 fully saturated rings. The van der Waals surface area contributed by atoms with E-state index in [1.165, 1.54) is 25.7 Å². The summed E-state index contributed by atoms with van der Waals surface area (Å²) in [5.74, 6) is 0.518. The molecule has 0 amide bonds. The predicted molar refractivity (Wildman–Crippen MR) is 497 cm³/mol. The van der Waals surface area contributed by atoms with E-state index in [1.807, 2.05) is 210 Å². The quantitative estimate of drug-likeness (QED) is 0.0446. The number of nitrogen functional groups attached to an aromatic ring is 5. The second kappa shape index (κ2) is 36.9. The van der Waals surface area contributed by atoms with Crippen LogP contribution in [0.2, 0.25) is 0 Å². The van der Waals surface area contributed by atoms with Gasteiger partial charge >= 0.3 is 0 Å². The molecule has 0 spiro atoms. The van der Waals surface area contributed by atoms with Crippen LogP contribution in [-0.4, -0.2) is 186 Å². The number of hydrogen-bond acceptors (Lipinski definition) is 31. The fourth-order valence-corrected chi connectivity index (χ4v) is 15.8. The molecule has 23 rings (SSSR count). The Balaban J connectivity index is 0.000000107. The van der Waals surface area contributed by atoms with Crippen LogP contribution in [0.4, 0.5) is 34.1 Å². The average molecular weight is 1780 g/mol. The van der Waals surface area contributed by atoms with E-state index in [4.69, 9.17) is 33.4 Å². The minimum absolute atomic E-state index is 0.000253. The van der Waals surface area contributed by atoms with Crippen LogP contribution >= 0.6 is 0 Å². The molecule has 2 aliphatic carbocycles. The lowest BCUT2D eigenvalue weighted by molar-refractivity contribution is 0.0939. The van der Waals surface area contributed by atoms with Gasteiger partial charge < -0.3 is 33.4 Å². The molecule has 0 radical (unpaired) electrons. The van der Waals surface area contributed by atoms with Crippen molar-refractivity contribution in [2.75, 3.05) is 35.3 Å². The highest BCUT2D eigenvalue weighted by atomic mass is 19.1. The number of para-hydroxylation sites is 4. The summed E-state index contributed by atoms with van der Waals surface area (Å²) in [4.78, 5) is 43.3. The molecule has 42 heteroatoms. The molecule has 2 saturated carbocycles. The number of hydrogen-bond donors (Lipinski definition) is 5. The van der Waals surface area contributed by atoms with Gasteiger partial charge in [-0.1, -0.05) is 111 Å².